The van der Waals surface area contributed by atoms with E-state index in [1.165, 1.54) is 18.4 Å². The molecule has 100 valence electrons. The number of anilines is 1. The minimum atomic E-state index is -3.16. The molecule has 0 amide bonds. The van der Waals surface area contributed by atoms with Crippen molar-refractivity contribution in [3.05, 3.63) is 54.1 Å². The van der Waals surface area contributed by atoms with Crippen LogP contribution in [0.5, 0.6) is 5.75 Å². The van der Waals surface area contributed by atoms with Crippen LogP contribution in [0.1, 0.15) is 5.56 Å². The molecule has 4 nitrogen and oxygen atoms in total. The minimum Gasteiger partial charge on any atom is -0.489 e. The van der Waals surface area contributed by atoms with E-state index in [0.29, 0.717) is 18.0 Å². The molecule has 2 N–H and O–H groups in total. The molecule has 0 bridgehead atoms. The quantitative estimate of drug-likeness (QED) is 0.870. The van der Waals surface area contributed by atoms with Gasteiger partial charge in [0.1, 0.15) is 12.4 Å². The summed E-state index contributed by atoms with van der Waals surface area (Å²) in [6, 6.07) is 13.8. The van der Waals surface area contributed by atoms with Gasteiger partial charge in [0.15, 0.2) is 9.84 Å². The SMILES string of the molecule is CS(=O)(=O)c1ccc(OCc2cccc(N)c2)cc1. The predicted octanol–water partition coefficient (Wildman–Crippen LogP) is 2.25. The molecular formula is C14H15NO3S. The third-order valence-corrected chi connectivity index (χ3v) is 3.74. The van der Waals surface area contributed by atoms with Crippen LogP contribution in [0.2, 0.25) is 0 Å². The van der Waals surface area contributed by atoms with E-state index < -0.39 is 9.84 Å². The van der Waals surface area contributed by atoms with Gasteiger partial charge in [0.2, 0.25) is 0 Å². The normalized spacial score (nSPS) is 11.2. The second kappa shape index (κ2) is 5.32. The molecule has 0 aliphatic carbocycles. The molecular weight excluding hydrogens is 262 g/mol. The molecule has 0 saturated carbocycles. The van der Waals surface area contributed by atoms with Gasteiger partial charge in [-0.15, -0.1) is 0 Å². The maximum absolute atomic E-state index is 11.3. The van der Waals surface area contributed by atoms with Crippen LogP contribution in [0.15, 0.2) is 53.4 Å². The lowest BCUT2D eigenvalue weighted by Crippen LogP contribution is -1.99. The Morgan fingerprint density at radius 1 is 1.11 bits per heavy atom. The largest absolute Gasteiger partial charge is 0.489 e. The van der Waals surface area contributed by atoms with Crippen molar-refractivity contribution in [3.8, 4) is 5.75 Å². The second-order valence-corrected chi connectivity index (χ2v) is 6.29. The predicted molar refractivity (Wildman–Crippen MR) is 74.7 cm³/mol. The number of nitrogens with two attached hydrogens (primary N) is 1. The lowest BCUT2D eigenvalue weighted by atomic mass is 10.2. The lowest BCUT2D eigenvalue weighted by molar-refractivity contribution is 0.306. The van der Waals surface area contributed by atoms with Crippen LogP contribution < -0.4 is 10.5 Å². The summed E-state index contributed by atoms with van der Waals surface area (Å²) in [7, 11) is -3.16. The highest BCUT2D eigenvalue weighted by Gasteiger charge is 2.06. The first-order chi connectivity index (χ1) is 8.95. The Morgan fingerprint density at radius 2 is 1.79 bits per heavy atom. The summed E-state index contributed by atoms with van der Waals surface area (Å²) in [6.45, 7) is 0.392. The van der Waals surface area contributed by atoms with Gasteiger partial charge in [-0.2, -0.15) is 0 Å². The molecule has 0 saturated heterocycles. The number of hydrogen-bond donors (Lipinski definition) is 1. The topological polar surface area (TPSA) is 69.4 Å². The van der Waals surface area contributed by atoms with Gasteiger partial charge in [0, 0.05) is 11.9 Å². The first-order valence-electron chi connectivity index (χ1n) is 5.72. The number of benzene rings is 2. The van der Waals surface area contributed by atoms with Gasteiger partial charge in [-0.1, -0.05) is 12.1 Å². The van der Waals surface area contributed by atoms with E-state index in [1.807, 2.05) is 24.3 Å². The van der Waals surface area contributed by atoms with Crippen molar-refractivity contribution >= 4 is 15.5 Å². The van der Waals surface area contributed by atoms with Gasteiger partial charge < -0.3 is 10.5 Å². The van der Waals surface area contributed by atoms with Crippen molar-refractivity contribution in [2.45, 2.75) is 11.5 Å². The molecule has 5 heteroatoms. The standard InChI is InChI=1S/C14H15NO3S/c1-19(16,17)14-7-5-13(6-8-14)18-10-11-3-2-4-12(15)9-11/h2-9H,10,15H2,1H3. The average molecular weight is 277 g/mol. The molecule has 0 aliphatic heterocycles. The molecule has 0 atom stereocenters. The maximum atomic E-state index is 11.3. The van der Waals surface area contributed by atoms with E-state index in [1.54, 1.807) is 12.1 Å². The Labute approximate surface area is 112 Å². The van der Waals surface area contributed by atoms with Crippen molar-refractivity contribution < 1.29 is 13.2 Å². The summed E-state index contributed by atoms with van der Waals surface area (Å²) in [4.78, 5) is 0.281. The molecule has 0 aliphatic rings. The summed E-state index contributed by atoms with van der Waals surface area (Å²) in [6.07, 6.45) is 1.18. The molecule has 0 unspecified atom stereocenters. The molecule has 0 aromatic heterocycles. The summed E-state index contributed by atoms with van der Waals surface area (Å²) < 4.78 is 28.2. The van der Waals surface area contributed by atoms with Crippen molar-refractivity contribution in [2.24, 2.45) is 0 Å². The average Bonchev–Trinajstić information content (AvgIpc) is 2.36. The van der Waals surface area contributed by atoms with E-state index >= 15 is 0 Å². The van der Waals surface area contributed by atoms with Crippen LogP contribution in [-0.4, -0.2) is 14.7 Å². The Bertz CT molecular complexity index is 663. The molecule has 2 aromatic rings. The number of nitrogen functional groups attached to an aromatic ring is 1. The molecule has 0 fully saturated rings. The summed E-state index contributed by atoms with van der Waals surface area (Å²) in [5.41, 5.74) is 7.33. The monoisotopic (exact) mass is 277 g/mol. The first-order valence-corrected chi connectivity index (χ1v) is 7.61. The highest BCUT2D eigenvalue weighted by atomic mass is 32.2. The van der Waals surface area contributed by atoms with Gasteiger partial charge in [-0.05, 0) is 42.0 Å². The van der Waals surface area contributed by atoms with Gasteiger partial charge in [0.05, 0.1) is 4.90 Å². The van der Waals surface area contributed by atoms with Crippen LogP contribution in [0.3, 0.4) is 0 Å². The highest BCUT2D eigenvalue weighted by Crippen LogP contribution is 2.17. The molecule has 19 heavy (non-hydrogen) atoms. The third-order valence-electron chi connectivity index (χ3n) is 2.61. The zero-order valence-corrected chi connectivity index (χ0v) is 11.4. The lowest BCUT2D eigenvalue weighted by Gasteiger charge is -2.07. The fourth-order valence-corrected chi connectivity index (χ4v) is 2.26. The Kier molecular flexibility index (Phi) is 3.76. The van der Waals surface area contributed by atoms with Gasteiger partial charge in [0.25, 0.3) is 0 Å². The van der Waals surface area contributed by atoms with Crippen molar-refractivity contribution in [2.75, 3.05) is 12.0 Å². The summed E-state index contributed by atoms with van der Waals surface area (Å²) >= 11 is 0. The van der Waals surface area contributed by atoms with Gasteiger partial charge in [-0.3, -0.25) is 0 Å². The number of hydrogen-bond acceptors (Lipinski definition) is 4. The minimum absolute atomic E-state index is 0.281. The molecule has 0 spiro atoms. The Morgan fingerprint density at radius 3 is 2.37 bits per heavy atom. The van der Waals surface area contributed by atoms with Crippen molar-refractivity contribution in [3.63, 3.8) is 0 Å². The number of ether oxygens (including phenoxy) is 1. The van der Waals surface area contributed by atoms with Gasteiger partial charge >= 0.3 is 0 Å². The number of sulfone groups is 1. The van der Waals surface area contributed by atoms with Crippen LogP contribution in [0, 0.1) is 0 Å². The maximum Gasteiger partial charge on any atom is 0.175 e. The van der Waals surface area contributed by atoms with E-state index in [0.717, 1.165) is 5.56 Å². The van der Waals surface area contributed by atoms with E-state index in [9.17, 15) is 8.42 Å². The Hall–Kier alpha value is -2.01. The van der Waals surface area contributed by atoms with E-state index in [2.05, 4.69) is 0 Å². The van der Waals surface area contributed by atoms with Crippen LogP contribution in [-0.2, 0) is 16.4 Å². The zero-order chi connectivity index (χ0) is 13.9. The first kappa shape index (κ1) is 13.4. The Balaban J connectivity index is 2.05. The van der Waals surface area contributed by atoms with Crippen molar-refractivity contribution in [1.29, 1.82) is 0 Å². The number of rotatable bonds is 4. The van der Waals surface area contributed by atoms with E-state index in [4.69, 9.17) is 10.5 Å². The van der Waals surface area contributed by atoms with Crippen LogP contribution in [0.4, 0.5) is 5.69 Å². The summed E-state index contributed by atoms with van der Waals surface area (Å²) in [5, 5.41) is 0. The highest BCUT2D eigenvalue weighted by molar-refractivity contribution is 7.90. The van der Waals surface area contributed by atoms with Gasteiger partial charge in [-0.25, -0.2) is 8.42 Å². The fraction of sp³-hybridized carbons (Fsp3) is 0.143. The smallest absolute Gasteiger partial charge is 0.175 e. The third kappa shape index (κ3) is 3.72. The van der Waals surface area contributed by atoms with Crippen LogP contribution in [0.25, 0.3) is 0 Å². The molecule has 0 radical (unpaired) electrons. The second-order valence-electron chi connectivity index (χ2n) is 4.28. The van der Waals surface area contributed by atoms with Crippen molar-refractivity contribution in [1.82, 2.24) is 0 Å². The summed E-state index contributed by atoms with van der Waals surface area (Å²) in [5.74, 6) is 0.620. The van der Waals surface area contributed by atoms with E-state index in [-0.39, 0.29) is 4.90 Å². The van der Waals surface area contributed by atoms with Crippen LogP contribution >= 0.6 is 0 Å². The molecule has 2 rings (SSSR count). The zero-order valence-electron chi connectivity index (χ0n) is 10.5. The molecule has 0 heterocycles. The molecule has 2 aromatic carbocycles. The fourth-order valence-electron chi connectivity index (χ4n) is 1.63.